The molecule has 126 valence electrons. The number of anilines is 1. The van der Waals surface area contributed by atoms with Crippen LogP contribution in [-0.4, -0.2) is 25.5 Å². The number of carbonyl (C=O) groups excluding carboxylic acids is 2. The number of benzene rings is 2. The molecule has 0 radical (unpaired) electrons. The molecule has 0 atom stereocenters. The minimum absolute atomic E-state index is 0.153. The molecule has 3 amide bonds. The van der Waals surface area contributed by atoms with Gasteiger partial charge in [0, 0.05) is 24.8 Å². The van der Waals surface area contributed by atoms with Crippen LogP contribution in [0, 0.1) is 13.8 Å². The van der Waals surface area contributed by atoms with Crippen LogP contribution < -0.4 is 16.0 Å². The van der Waals surface area contributed by atoms with E-state index in [-0.39, 0.29) is 11.9 Å². The molecule has 0 spiro atoms. The molecule has 0 bridgehead atoms. The van der Waals surface area contributed by atoms with Gasteiger partial charge in [-0.1, -0.05) is 18.2 Å². The number of carbonyl (C=O) groups is 2. The lowest BCUT2D eigenvalue weighted by Crippen LogP contribution is -2.30. The van der Waals surface area contributed by atoms with Gasteiger partial charge in [-0.15, -0.1) is 0 Å². The SMILES string of the molecule is CNC(=O)c1ccc(NC(=O)NCCc2c(C)cccc2C)cc1. The van der Waals surface area contributed by atoms with Crippen molar-refractivity contribution < 1.29 is 9.59 Å². The average Bonchev–Trinajstić information content (AvgIpc) is 2.57. The molecule has 0 aliphatic rings. The molecule has 0 aliphatic carbocycles. The summed E-state index contributed by atoms with van der Waals surface area (Å²) >= 11 is 0. The Morgan fingerprint density at radius 1 is 0.958 bits per heavy atom. The fraction of sp³-hybridized carbons (Fsp3) is 0.263. The molecule has 5 nitrogen and oxygen atoms in total. The zero-order valence-electron chi connectivity index (χ0n) is 14.3. The second-order valence-corrected chi connectivity index (χ2v) is 5.66. The van der Waals surface area contributed by atoms with Crippen molar-refractivity contribution in [3.8, 4) is 0 Å². The highest BCUT2D eigenvalue weighted by molar-refractivity contribution is 5.95. The van der Waals surface area contributed by atoms with Gasteiger partial charge in [0.1, 0.15) is 0 Å². The van der Waals surface area contributed by atoms with E-state index in [0.29, 0.717) is 17.8 Å². The van der Waals surface area contributed by atoms with E-state index >= 15 is 0 Å². The number of hydrogen-bond donors (Lipinski definition) is 3. The second kappa shape index (κ2) is 8.15. The Morgan fingerprint density at radius 3 is 2.17 bits per heavy atom. The summed E-state index contributed by atoms with van der Waals surface area (Å²) < 4.78 is 0. The van der Waals surface area contributed by atoms with Crippen LogP contribution in [0.5, 0.6) is 0 Å². The molecule has 0 saturated carbocycles. The molecule has 2 aromatic carbocycles. The molecular weight excluding hydrogens is 302 g/mol. The van der Waals surface area contributed by atoms with E-state index in [1.54, 1.807) is 31.3 Å². The van der Waals surface area contributed by atoms with E-state index in [2.05, 4.69) is 41.9 Å². The maximum atomic E-state index is 11.9. The van der Waals surface area contributed by atoms with Gasteiger partial charge in [0.2, 0.25) is 0 Å². The lowest BCUT2D eigenvalue weighted by atomic mass is 10.0. The highest BCUT2D eigenvalue weighted by Gasteiger charge is 2.06. The molecule has 24 heavy (non-hydrogen) atoms. The first kappa shape index (κ1) is 17.5. The number of rotatable bonds is 5. The van der Waals surface area contributed by atoms with Crippen LogP contribution in [0.25, 0.3) is 0 Å². The maximum absolute atomic E-state index is 11.9. The lowest BCUT2D eigenvalue weighted by molar-refractivity contribution is 0.0963. The van der Waals surface area contributed by atoms with E-state index < -0.39 is 0 Å². The first-order valence-corrected chi connectivity index (χ1v) is 7.93. The molecule has 2 rings (SSSR count). The first-order valence-electron chi connectivity index (χ1n) is 7.93. The Morgan fingerprint density at radius 2 is 1.58 bits per heavy atom. The first-order chi connectivity index (χ1) is 11.5. The van der Waals surface area contributed by atoms with Crippen LogP contribution in [0.1, 0.15) is 27.0 Å². The summed E-state index contributed by atoms with van der Waals surface area (Å²) in [5, 5.41) is 8.17. The predicted octanol–water partition coefficient (Wildman–Crippen LogP) is 3.03. The third-order valence-corrected chi connectivity index (χ3v) is 3.94. The van der Waals surface area contributed by atoms with Crippen molar-refractivity contribution in [2.24, 2.45) is 0 Å². The fourth-order valence-electron chi connectivity index (χ4n) is 2.57. The van der Waals surface area contributed by atoms with Crippen LogP contribution >= 0.6 is 0 Å². The van der Waals surface area contributed by atoms with Crippen LogP contribution in [-0.2, 0) is 6.42 Å². The summed E-state index contributed by atoms with van der Waals surface area (Å²) in [5.74, 6) is -0.153. The van der Waals surface area contributed by atoms with Crippen LogP contribution in [0.2, 0.25) is 0 Å². The van der Waals surface area contributed by atoms with Gasteiger partial charge in [-0.05, 0) is 61.2 Å². The summed E-state index contributed by atoms with van der Waals surface area (Å²) in [5.41, 5.74) is 4.95. The molecule has 5 heteroatoms. The molecule has 2 aromatic rings. The molecule has 3 N–H and O–H groups in total. The maximum Gasteiger partial charge on any atom is 0.319 e. The third kappa shape index (κ3) is 4.59. The van der Waals surface area contributed by atoms with Crippen molar-refractivity contribution in [2.45, 2.75) is 20.3 Å². The Balaban J connectivity index is 1.84. The largest absolute Gasteiger partial charge is 0.355 e. The van der Waals surface area contributed by atoms with Gasteiger partial charge in [-0.25, -0.2) is 4.79 Å². The lowest BCUT2D eigenvalue weighted by Gasteiger charge is -2.11. The Bertz CT molecular complexity index is 704. The topological polar surface area (TPSA) is 70.2 Å². The summed E-state index contributed by atoms with van der Waals surface area (Å²) in [6, 6.07) is 12.7. The van der Waals surface area contributed by atoms with Gasteiger partial charge in [-0.2, -0.15) is 0 Å². The monoisotopic (exact) mass is 325 g/mol. The zero-order valence-corrected chi connectivity index (χ0v) is 14.3. The quantitative estimate of drug-likeness (QED) is 0.791. The molecule has 0 aliphatic heterocycles. The molecular formula is C19H23N3O2. The Labute approximate surface area is 142 Å². The molecule has 0 saturated heterocycles. The molecule has 0 heterocycles. The van der Waals surface area contributed by atoms with Gasteiger partial charge in [0.25, 0.3) is 5.91 Å². The van der Waals surface area contributed by atoms with Gasteiger partial charge in [0.05, 0.1) is 0 Å². The summed E-state index contributed by atoms with van der Waals surface area (Å²) in [7, 11) is 1.58. The fourth-order valence-corrected chi connectivity index (χ4v) is 2.57. The molecule has 0 fully saturated rings. The number of hydrogen-bond acceptors (Lipinski definition) is 2. The van der Waals surface area contributed by atoms with E-state index in [9.17, 15) is 9.59 Å². The van der Waals surface area contributed by atoms with Crippen LogP contribution in [0.15, 0.2) is 42.5 Å². The summed E-state index contributed by atoms with van der Waals surface area (Å²) in [6.45, 7) is 4.72. The minimum Gasteiger partial charge on any atom is -0.355 e. The van der Waals surface area contributed by atoms with Gasteiger partial charge in [-0.3, -0.25) is 4.79 Å². The number of aryl methyl sites for hydroxylation is 2. The van der Waals surface area contributed by atoms with Crippen LogP contribution in [0.4, 0.5) is 10.5 Å². The Hall–Kier alpha value is -2.82. The van der Waals surface area contributed by atoms with E-state index in [1.807, 2.05) is 6.07 Å². The van der Waals surface area contributed by atoms with Crippen molar-refractivity contribution in [2.75, 3.05) is 18.9 Å². The van der Waals surface area contributed by atoms with Crippen LogP contribution in [0.3, 0.4) is 0 Å². The number of nitrogens with one attached hydrogen (secondary N) is 3. The highest BCUT2D eigenvalue weighted by Crippen LogP contribution is 2.13. The standard InChI is InChI=1S/C19H23N3O2/c1-13-5-4-6-14(2)17(13)11-12-21-19(24)22-16-9-7-15(8-10-16)18(23)20-3/h4-10H,11-12H2,1-3H3,(H,20,23)(H2,21,22,24). The molecule has 0 aromatic heterocycles. The Kier molecular flexibility index (Phi) is 5.95. The van der Waals surface area contributed by atoms with E-state index in [0.717, 1.165) is 6.42 Å². The van der Waals surface area contributed by atoms with Gasteiger partial charge >= 0.3 is 6.03 Å². The van der Waals surface area contributed by atoms with Crippen molar-refractivity contribution in [1.29, 1.82) is 0 Å². The van der Waals surface area contributed by atoms with Gasteiger partial charge < -0.3 is 16.0 Å². The second-order valence-electron chi connectivity index (χ2n) is 5.66. The normalized spacial score (nSPS) is 10.1. The average molecular weight is 325 g/mol. The van der Waals surface area contributed by atoms with E-state index in [4.69, 9.17) is 0 Å². The third-order valence-electron chi connectivity index (χ3n) is 3.94. The smallest absolute Gasteiger partial charge is 0.319 e. The number of amides is 3. The number of urea groups is 1. The van der Waals surface area contributed by atoms with E-state index in [1.165, 1.54) is 16.7 Å². The summed E-state index contributed by atoms with van der Waals surface area (Å²) in [6.07, 6.45) is 0.793. The van der Waals surface area contributed by atoms with Crippen molar-refractivity contribution in [3.63, 3.8) is 0 Å². The van der Waals surface area contributed by atoms with Crippen molar-refractivity contribution in [3.05, 3.63) is 64.7 Å². The summed E-state index contributed by atoms with van der Waals surface area (Å²) in [4.78, 5) is 23.4. The highest BCUT2D eigenvalue weighted by atomic mass is 16.2. The predicted molar refractivity (Wildman–Crippen MR) is 96.5 cm³/mol. The molecule has 0 unspecified atom stereocenters. The van der Waals surface area contributed by atoms with Gasteiger partial charge in [0.15, 0.2) is 0 Å². The minimum atomic E-state index is -0.256. The zero-order chi connectivity index (χ0) is 17.5. The van der Waals surface area contributed by atoms with Crippen molar-refractivity contribution in [1.82, 2.24) is 10.6 Å². The van der Waals surface area contributed by atoms with Crippen molar-refractivity contribution >= 4 is 17.6 Å².